The summed E-state index contributed by atoms with van der Waals surface area (Å²) in [6.45, 7) is 0. The Kier molecular flexibility index (Phi) is 4.30. The Labute approximate surface area is 128 Å². The van der Waals surface area contributed by atoms with E-state index in [1.54, 1.807) is 0 Å². The monoisotopic (exact) mass is 305 g/mol. The van der Waals surface area contributed by atoms with Crippen molar-refractivity contribution in [1.29, 1.82) is 0 Å². The molecule has 4 atom stereocenters. The summed E-state index contributed by atoms with van der Waals surface area (Å²) in [4.78, 5) is 31.8. The molecule has 22 heavy (non-hydrogen) atoms. The highest BCUT2D eigenvalue weighted by atomic mass is 16.5. The predicted molar refractivity (Wildman–Crippen MR) is 76.5 cm³/mol. The van der Waals surface area contributed by atoms with Gasteiger partial charge in [0.1, 0.15) is 11.7 Å². The van der Waals surface area contributed by atoms with Crippen LogP contribution in [-0.4, -0.2) is 47.1 Å². The topological polar surface area (TPSA) is 105 Å². The van der Waals surface area contributed by atoms with Gasteiger partial charge in [0.25, 0.3) is 5.91 Å². The molecule has 2 heterocycles. The molecule has 8 nitrogen and oxygen atoms in total. The van der Waals surface area contributed by atoms with Crippen LogP contribution in [0.5, 0.6) is 0 Å². The van der Waals surface area contributed by atoms with Gasteiger partial charge in [-0.1, -0.05) is 0 Å². The number of methoxy groups -OCH3 is 1. The van der Waals surface area contributed by atoms with Crippen molar-refractivity contribution in [3.63, 3.8) is 0 Å². The highest BCUT2D eigenvalue weighted by Crippen LogP contribution is 2.31. The van der Waals surface area contributed by atoms with Crippen molar-refractivity contribution < 1.29 is 14.3 Å². The van der Waals surface area contributed by atoms with Crippen LogP contribution >= 0.6 is 0 Å². The van der Waals surface area contributed by atoms with Crippen LogP contribution in [0.4, 0.5) is 0 Å². The number of amides is 1. The maximum atomic E-state index is 12.1. The number of rotatable bonds is 3. The van der Waals surface area contributed by atoms with Gasteiger partial charge in [0.2, 0.25) is 0 Å². The van der Waals surface area contributed by atoms with Gasteiger partial charge in [-0.3, -0.25) is 20.0 Å². The molecule has 4 unspecified atom stereocenters. The van der Waals surface area contributed by atoms with Gasteiger partial charge in [-0.2, -0.15) is 0 Å². The minimum atomic E-state index is -0.369. The average Bonchev–Trinajstić information content (AvgIpc) is 2.98. The third kappa shape index (κ3) is 2.93. The van der Waals surface area contributed by atoms with Crippen LogP contribution in [0.15, 0.2) is 18.6 Å². The zero-order chi connectivity index (χ0) is 15.5. The van der Waals surface area contributed by atoms with Crippen molar-refractivity contribution in [3.8, 4) is 0 Å². The van der Waals surface area contributed by atoms with Crippen molar-refractivity contribution >= 4 is 11.9 Å². The first-order valence-electron chi connectivity index (χ1n) is 7.35. The van der Waals surface area contributed by atoms with E-state index in [0.29, 0.717) is 5.69 Å². The Balaban J connectivity index is 1.62. The third-order valence-electron chi connectivity index (χ3n) is 4.34. The fourth-order valence-electron chi connectivity index (χ4n) is 3.22. The second-order valence-electron chi connectivity index (χ2n) is 5.63. The summed E-state index contributed by atoms with van der Waals surface area (Å²) in [6.07, 6.45) is 6.92. The number of hydrogen-bond donors (Lipinski definition) is 3. The Morgan fingerprint density at radius 2 is 2.18 bits per heavy atom. The molecule has 0 spiro atoms. The molecule has 2 aliphatic rings. The first-order valence-corrected chi connectivity index (χ1v) is 7.35. The van der Waals surface area contributed by atoms with E-state index in [1.807, 2.05) is 0 Å². The fraction of sp³-hybridized carbons (Fsp3) is 0.571. The van der Waals surface area contributed by atoms with Crippen molar-refractivity contribution in [2.75, 3.05) is 7.11 Å². The van der Waals surface area contributed by atoms with E-state index in [-0.39, 0.29) is 35.9 Å². The van der Waals surface area contributed by atoms with Crippen molar-refractivity contribution in [1.82, 2.24) is 26.1 Å². The second-order valence-corrected chi connectivity index (χ2v) is 5.63. The molecule has 0 aromatic carbocycles. The summed E-state index contributed by atoms with van der Waals surface area (Å²) in [5, 5.41) is 2.98. The molecule has 1 aliphatic carbocycles. The number of esters is 1. The Bertz CT molecular complexity index is 553. The Morgan fingerprint density at radius 1 is 1.32 bits per heavy atom. The number of nitrogens with one attached hydrogen (secondary N) is 3. The van der Waals surface area contributed by atoms with Crippen LogP contribution in [-0.2, 0) is 9.53 Å². The van der Waals surface area contributed by atoms with Crippen molar-refractivity contribution in [3.05, 3.63) is 24.3 Å². The average molecular weight is 305 g/mol. The number of nitrogens with zero attached hydrogens (tertiary/aromatic N) is 2. The summed E-state index contributed by atoms with van der Waals surface area (Å²) >= 11 is 0. The number of hydrazine groups is 1. The molecule has 1 saturated carbocycles. The lowest BCUT2D eigenvalue weighted by Crippen LogP contribution is -2.46. The minimum Gasteiger partial charge on any atom is -0.468 e. The molecule has 1 saturated heterocycles. The second kappa shape index (κ2) is 6.37. The Hall–Kier alpha value is -2.06. The van der Waals surface area contributed by atoms with Gasteiger partial charge < -0.3 is 10.1 Å². The first-order chi connectivity index (χ1) is 10.7. The number of hydrogen-bond acceptors (Lipinski definition) is 7. The summed E-state index contributed by atoms with van der Waals surface area (Å²) in [5.41, 5.74) is 6.44. The zero-order valence-electron chi connectivity index (χ0n) is 12.3. The van der Waals surface area contributed by atoms with Gasteiger partial charge in [-0.05, 0) is 19.3 Å². The fourth-order valence-corrected chi connectivity index (χ4v) is 3.22. The predicted octanol–water partition coefficient (Wildman–Crippen LogP) is -0.607. The van der Waals surface area contributed by atoms with E-state index < -0.39 is 0 Å². The maximum Gasteiger partial charge on any atom is 0.324 e. The molecular weight excluding hydrogens is 286 g/mol. The van der Waals surface area contributed by atoms with Crippen LogP contribution in [0.3, 0.4) is 0 Å². The smallest absolute Gasteiger partial charge is 0.324 e. The molecule has 3 rings (SSSR count). The number of carbonyl (C=O) groups is 2. The lowest BCUT2D eigenvalue weighted by atomic mass is 9.79. The normalized spacial score (nSPS) is 30.4. The molecule has 118 valence electrons. The molecule has 2 fully saturated rings. The number of aromatic nitrogens is 2. The highest BCUT2D eigenvalue weighted by Gasteiger charge is 2.44. The molecule has 1 aromatic heterocycles. The van der Waals surface area contributed by atoms with E-state index in [9.17, 15) is 9.59 Å². The minimum absolute atomic E-state index is 0.0182. The van der Waals surface area contributed by atoms with Crippen LogP contribution in [0.25, 0.3) is 0 Å². The van der Waals surface area contributed by atoms with Gasteiger partial charge in [-0.15, -0.1) is 0 Å². The number of carbonyl (C=O) groups excluding carboxylic acids is 2. The molecule has 3 N–H and O–H groups in total. The summed E-state index contributed by atoms with van der Waals surface area (Å²) in [6, 6.07) is -0.121. The van der Waals surface area contributed by atoms with Gasteiger partial charge in [0.15, 0.2) is 0 Å². The molecule has 0 radical (unpaired) electrons. The molecule has 8 heteroatoms. The lowest BCUT2D eigenvalue weighted by molar-refractivity contribution is -0.144. The SMILES string of the molecule is COC(=O)C1NNC2CCC(NC(=O)c3cnccn3)CC21. The Morgan fingerprint density at radius 3 is 2.91 bits per heavy atom. The molecule has 1 aliphatic heterocycles. The van der Waals surface area contributed by atoms with Crippen LogP contribution in [0.1, 0.15) is 29.8 Å². The number of ether oxygens (including phenoxy) is 1. The van der Waals surface area contributed by atoms with E-state index in [1.165, 1.54) is 25.7 Å². The summed E-state index contributed by atoms with van der Waals surface area (Å²) < 4.78 is 4.82. The van der Waals surface area contributed by atoms with E-state index >= 15 is 0 Å². The summed E-state index contributed by atoms with van der Waals surface area (Å²) in [7, 11) is 1.38. The lowest BCUT2D eigenvalue weighted by Gasteiger charge is -2.32. The molecule has 1 aromatic rings. The quantitative estimate of drug-likeness (QED) is 0.640. The molecule has 1 amide bonds. The first kappa shape index (κ1) is 14.9. The largest absolute Gasteiger partial charge is 0.468 e. The molecular formula is C14H19N5O3. The highest BCUT2D eigenvalue weighted by molar-refractivity contribution is 5.92. The third-order valence-corrected chi connectivity index (χ3v) is 4.34. The number of fused-ring (bicyclic) bond motifs is 1. The van der Waals surface area contributed by atoms with Crippen LogP contribution in [0, 0.1) is 5.92 Å². The molecule has 0 bridgehead atoms. The standard InChI is InChI=1S/C14H19N5O3/c1-22-14(21)12-9-6-8(2-3-10(9)18-19-12)17-13(20)11-7-15-4-5-16-11/h4-5,7-10,12,18-19H,2-3,6H2,1H3,(H,17,20). The summed E-state index contributed by atoms with van der Waals surface area (Å²) in [5.74, 6) is -0.403. The van der Waals surface area contributed by atoms with E-state index in [4.69, 9.17) is 4.74 Å². The van der Waals surface area contributed by atoms with Crippen LogP contribution < -0.4 is 16.2 Å². The van der Waals surface area contributed by atoms with Gasteiger partial charge in [0, 0.05) is 30.4 Å². The van der Waals surface area contributed by atoms with Crippen LogP contribution in [0.2, 0.25) is 0 Å². The van der Waals surface area contributed by atoms with Gasteiger partial charge in [0.05, 0.1) is 13.3 Å². The van der Waals surface area contributed by atoms with Crippen molar-refractivity contribution in [2.45, 2.75) is 37.4 Å². The maximum absolute atomic E-state index is 12.1. The zero-order valence-corrected chi connectivity index (χ0v) is 12.3. The van der Waals surface area contributed by atoms with Crippen molar-refractivity contribution in [2.24, 2.45) is 5.92 Å². The van der Waals surface area contributed by atoms with E-state index in [0.717, 1.165) is 19.3 Å². The van der Waals surface area contributed by atoms with Gasteiger partial charge >= 0.3 is 5.97 Å². The van der Waals surface area contributed by atoms with E-state index in [2.05, 4.69) is 26.1 Å². The van der Waals surface area contributed by atoms with Gasteiger partial charge in [-0.25, -0.2) is 10.4 Å².